The van der Waals surface area contributed by atoms with Crippen molar-refractivity contribution in [3.05, 3.63) is 24.3 Å². The zero-order valence-electron chi connectivity index (χ0n) is 40.6. The van der Waals surface area contributed by atoms with E-state index in [4.69, 9.17) is 0 Å². The largest absolute Gasteiger partial charge is 0.394 e. The lowest BCUT2D eigenvalue weighted by Gasteiger charge is -2.23. The third-order valence-corrected chi connectivity index (χ3v) is 12.8. The topological polar surface area (TPSA) is 89.8 Å². The van der Waals surface area contributed by atoms with E-state index in [0.717, 1.165) is 32.1 Å². The van der Waals surface area contributed by atoms with Crippen LogP contribution in [-0.2, 0) is 4.79 Å². The molecule has 1 amide bonds. The van der Waals surface area contributed by atoms with Gasteiger partial charge in [0.1, 0.15) is 0 Å². The third kappa shape index (κ3) is 46.3. The lowest BCUT2D eigenvalue weighted by Crippen LogP contribution is -2.46. The Morgan fingerprint density at radius 1 is 0.417 bits per heavy atom. The number of aliphatic hydroxyl groups is 3. The zero-order chi connectivity index (χ0) is 43.7. The second kappa shape index (κ2) is 50.5. The molecule has 0 saturated carbocycles. The van der Waals surface area contributed by atoms with Crippen LogP contribution in [0.25, 0.3) is 0 Å². The molecule has 0 saturated heterocycles. The molecule has 0 aliphatic rings. The molecule has 0 rings (SSSR count). The average molecular weight is 846 g/mol. The van der Waals surface area contributed by atoms with Crippen molar-refractivity contribution >= 4 is 5.91 Å². The monoisotopic (exact) mass is 846 g/mol. The molecule has 0 aliphatic carbocycles. The molecular formula is C55H107NO4. The highest BCUT2D eigenvalue weighted by atomic mass is 16.3. The van der Waals surface area contributed by atoms with Crippen molar-refractivity contribution in [3.8, 4) is 0 Å². The minimum atomic E-state index is -0.746. The molecule has 60 heavy (non-hydrogen) atoms. The van der Waals surface area contributed by atoms with Gasteiger partial charge in [0.2, 0.25) is 5.91 Å². The van der Waals surface area contributed by atoms with E-state index in [1.165, 1.54) is 231 Å². The number of carbonyl (C=O) groups is 1. The van der Waals surface area contributed by atoms with Crippen LogP contribution in [-0.4, -0.2) is 46.1 Å². The first kappa shape index (κ1) is 58.8. The van der Waals surface area contributed by atoms with Crippen molar-refractivity contribution in [3.63, 3.8) is 0 Å². The number of nitrogens with one attached hydrogen (secondary N) is 1. The summed E-state index contributed by atoms with van der Waals surface area (Å²) in [4.78, 5) is 12.5. The molecule has 0 bridgehead atoms. The number of hydrogen-bond acceptors (Lipinski definition) is 4. The van der Waals surface area contributed by atoms with Crippen LogP contribution in [0, 0.1) is 0 Å². The van der Waals surface area contributed by atoms with Gasteiger partial charge in [-0.05, 0) is 44.9 Å². The van der Waals surface area contributed by atoms with Crippen molar-refractivity contribution in [1.82, 2.24) is 5.32 Å². The predicted octanol–water partition coefficient (Wildman–Crippen LogP) is 16.5. The first-order valence-corrected chi connectivity index (χ1v) is 27.1. The maximum atomic E-state index is 12.5. The van der Waals surface area contributed by atoms with Gasteiger partial charge in [0.05, 0.1) is 31.3 Å². The van der Waals surface area contributed by atoms with Gasteiger partial charge in [0.15, 0.2) is 0 Å². The third-order valence-electron chi connectivity index (χ3n) is 12.8. The molecule has 3 unspecified atom stereocenters. The van der Waals surface area contributed by atoms with E-state index in [0.29, 0.717) is 12.8 Å². The molecule has 356 valence electrons. The Balaban J connectivity index is 3.45. The Morgan fingerprint density at radius 2 is 0.717 bits per heavy atom. The van der Waals surface area contributed by atoms with Gasteiger partial charge in [-0.3, -0.25) is 4.79 Å². The van der Waals surface area contributed by atoms with Crippen LogP contribution in [0.3, 0.4) is 0 Å². The predicted molar refractivity (Wildman–Crippen MR) is 264 cm³/mol. The van der Waals surface area contributed by atoms with Crippen LogP contribution in [0.15, 0.2) is 24.3 Å². The van der Waals surface area contributed by atoms with Crippen molar-refractivity contribution in [2.75, 3.05) is 6.61 Å². The zero-order valence-corrected chi connectivity index (χ0v) is 40.6. The van der Waals surface area contributed by atoms with Gasteiger partial charge in [0.25, 0.3) is 0 Å². The fourth-order valence-corrected chi connectivity index (χ4v) is 8.61. The van der Waals surface area contributed by atoms with Gasteiger partial charge < -0.3 is 20.6 Å². The Bertz CT molecular complexity index is 890. The van der Waals surface area contributed by atoms with Crippen LogP contribution in [0.5, 0.6) is 0 Å². The normalized spacial score (nSPS) is 13.5. The highest BCUT2D eigenvalue weighted by Gasteiger charge is 2.21. The first-order chi connectivity index (χ1) is 29.5. The van der Waals surface area contributed by atoms with Crippen LogP contribution in [0.1, 0.15) is 296 Å². The fraction of sp³-hybridized carbons (Fsp3) is 0.909. The molecule has 0 aromatic heterocycles. The van der Waals surface area contributed by atoms with Crippen LogP contribution < -0.4 is 5.32 Å². The van der Waals surface area contributed by atoms with Crippen molar-refractivity contribution < 1.29 is 20.1 Å². The highest BCUT2D eigenvalue weighted by Crippen LogP contribution is 2.17. The Morgan fingerprint density at radius 3 is 1.05 bits per heavy atom. The van der Waals surface area contributed by atoms with Crippen LogP contribution >= 0.6 is 0 Å². The van der Waals surface area contributed by atoms with E-state index < -0.39 is 18.2 Å². The number of aliphatic hydroxyl groups excluding tert-OH is 3. The van der Waals surface area contributed by atoms with Gasteiger partial charge in [-0.25, -0.2) is 0 Å². The quantitative estimate of drug-likeness (QED) is 0.0363. The summed E-state index contributed by atoms with van der Waals surface area (Å²) in [5.74, 6) is -0.282. The van der Waals surface area contributed by atoms with Gasteiger partial charge in [0, 0.05) is 0 Å². The molecular weight excluding hydrogens is 739 g/mol. The minimum absolute atomic E-state index is 0.0386. The summed E-state index contributed by atoms with van der Waals surface area (Å²) in [7, 11) is 0. The van der Waals surface area contributed by atoms with Crippen molar-refractivity contribution in [1.29, 1.82) is 0 Å². The van der Waals surface area contributed by atoms with E-state index in [1.54, 1.807) is 0 Å². The summed E-state index contributed by atoms with van der Waals surface area (Å²) in [5, 5.41) is 33.4. The molecule has 5 nitrogen and oxygen atoms in total. The molecule has 0 radical (unpaired) electrons. The first-order valence-electron chi connectivity index (χ1n) is 27.1. The van der Waals surface area contributed by atoms with E-state index in [2.05, 4.69) is 43.5 Å². The number of rotatable bonds is 50. The molecule has 0 aromatic rings. The lowest BCUT2D eigenvalue weighted by molar-refractivity contribution is -0.125. The molecule has 0 spiro atoms. The van der Waals surface area contributed by atoms with E-state index in [-0.39, 0.29) is 18.9 Å². The van der Waals surface area contributed by atoms with Crippen LogP contribution in [0.2, 0.25) is 0 Å². The molecule has 4 N–H and O–H groups in total. The molecule has 5 heteroatoms. The number of allylic oxidation sites excluding steroid dienone is 4. The molecule has 0 heterocycles. The Hall–Kier alpha value is -1.17. The molecule has 0 aliphatic heterocycles. The fourth-order valence-electron chi connectivity index (χ4n) is 8.61. The van der Waals surface area contributed by atoms with E-state index >= 15 is 0 Å². The molecule has 0 fully saturated rings. The number of amides is 1. The Kier molecular flexibility index (Phi) is 49.5. The van der Waals surface area contributed by atoms with Crippen molar-refractivity contribution in [2.45, 2.75) is 315 Å². The second-order valence-corrected chi connectivity index (χ2v) is 18.8. The van der Waals surface area contributed by atoms with E-state index in [1.807, 2.05) is 0 Å². The molecule has 0 aromatic carbocycles. The van der Waals surface area contributed by atoms with Gasteiger partial charge in [-0.1, -0.05) is 269 Å². The summed E-state index contributed by atoms with van der Waals surface area (Å²) in [6.45, 7) is 4.26. The standard InChI is InChI=1S/C55H107NO4/c1-3-5-7-9-11-13-15-16-17-18-19-20-21-22-23-24-25-26-27-28-29-30-31-32-33-34-35-36-37-38-39-40-42-44-46-48-52(58)50-55(60)56-53(51-57)54(59)49-47-45-43-41-14-12-10-8-6-4-2/h23-24,26-27,52-54,57-59H,3-22,25,28-51H2,1-2H3,(H,56,60)/b24-23-,27-26-. The van der Waals surface area contributed by atoms with Gasteiger partial charge in [-0.15, -0.1) is 0 Å². The summed E-state index contributed by atoms with van der Waals surface area (Å²) < 4.78 is 0. The average Bonchev–Trinajstić information content (AvgIpc) is 3.24. The maximum Gasteiger partial charge on any atom is 0.222 e. The summed E-state index contributed by atoms with van der Waals surface area (Å²) in [6.07, 6.45) is 63.5. The van der Waals surface area contributed by atoms with Crippen molar-refractivity contribution in [2.24, 2.45) is 0 Å². The second-order valence-electron chi connectivity index (χ2n) is 18.8. The van der Waals surface area contributed by atoms with Crippen LogP contribution in [0.4, 0.5) is 0 Å². The maximum absolute atomic E-state index is 12.5. The summed E-state index contributed by atoms with van der Waals surface area (Å²) in [5.41, 5.74) is 0. The lowest BCUT2D eigenvalue weighted by atomic mass is 10.0. The minimum Gasteiger partial charge on any atom is -0.394 e. The highest BCUT2D eigenvalue weighted by molar-refractivity contribution is 5.76. The number of hydrogen-bond donors (Lipinski definition) is 4. The summed E-state index contributed by atoms with van der Waals surface area (Å²) in [6, 6.07) is -0.655. The number of unbranched alkanes of at least 4 members (excludes halogenated alkanes) is 37. The van der Waals surface area contributed by atoms with E-state index in [9.17, 15) is 20.1 Å². The van der Waals surface area contributed by atoms with Gasteiger partial charge >= 0.3 is 0 Å². The summed E-state index contributed by atoms with van der Waals surface area (Å²) >= 11 is 0. The SMILES string of the molecule is CCCCCCCCCCCCCCC/C=C\C/C=C\CCCCCCCCCCCCCCCCCC(O)CC(=O)NC(CO)C(O)CCCCCCCCCCCC. The Labute approximate surface area is 375 Å². The number of carbonyl (C=O) groups excluding carboxylic acids is 1. The van der Waals surface area contributed by atoms with Gasteiger partial charge in [-0.2, -0.15) is 0 Å². The smallest absolute Gasteiger partial charge is 0.222 e. The molecule has 3 atom stereocenters.